The van der Waals surface area contributed by atoms with E-state index in [4.69, 9.17) is 6.58 Å². The number of rotatable bonds is 10. The molecular weight excluding hydrogens is 372 g/mol. The SMILES string of the molecule is C=C1C=C2CC(C)CCC2(C)C(CCCCC)C1C1CCC(CCCC(C)C(C)C)C1. The van der Waals surface area contributed by atoms with Gasteiger partial charge in [0.05, 0.1) is 0 Å². The lowest BCUT2D eigenvalue weighted by Crippen LogP contribution is -2.43. The average Bonchev–Trinajstić information content (AvgIpc) is 3.17. The molecular formula is C31H54. The van der Waals surface area contributed by atoms with Crippen LogP contribution in [0.1, 0.15) is 125 Å². The van der Waals surface area contributed by atoms with E-state index in [0.717, 1.165) is 41.4 Å². The molecule has 0 radical (unpaired) electrons. The Labute approximate surface area is 195 Å². The van der Waals surface area contributed by atoms with Gasteiger partial charge in [-0.15, -0.1) is 0 Å². The van der Waals surface area contributed by atoms with Gasteiger partial charge in [0.15, 0.2) is 0 Å². The first kappa shape index (κ1) is 25.1. The van der Waals surface area contributed by atoms with E-state index in [1.807, 2.05) is 0 Å². The summed E-state index contributed by atoms with van der Waals surface area (Å²) in [6.07, 6.45) is 21.2. The summed E-state index contributed by atoms with van der Waals surface area (Å²) in [4.78, 5) is 0. The van der Waals surface area contributed by atoms with Crippen LogP contribution in [0.5, 0.6) is 0 Å². The highest BCUT2D eigenvalue weighted by molar-refractivity contribution is 5.36. The Morgan fingerprint density at radius 2 is 1.84 bits per heavy atom. The monoisotopic (exact) mass is 426 g/mol. The lowest BCUT2D eigenvalue weighted by Gasteiger charge is -2.53. The van der Waals surface area contributed by atoms with E-state index in [1.54, 1.807) is 5.57 Å². The minimum atomic E-state index is 0.455. The molecule has 0 heteroatoms. The second-order valence-corrected chi connectivity index (χ2v) is 12.7. The van der Waals surface area contributed by atoms with Gasteiger partial charge < -0.3 is 0 Å². The molecule has 31 heavy (non-hydrogen) atoms. The zero-order valence-electron chi connectivity index (χ0n) is 22.0. The summed E-state index contributed by atoms with van der Waals surface area (Å²) in [6.45, 7) is 19.4. The van der Waals surface area contributed by atoms with Gasteiger partial charge in [-0.3, -0.25) is 0 Å². The van der Waals surface area contributed by atoms with Crippen LogP contribution in [0.3, 0.4) is 0 Å². The molecule has 0 nitrogen and oxygen atoms in total. The predicted octanol–water partition coefficient (Wildman–Crippen LogP) is 10.0. The van der Waals surface area contributed by atoms with E-state index in [1.165, 1.54) is 89.0 Å². The molecule has 2 saturated carbocycles. The maximum absolute atomic E-state index is 4.72. The predicted molar refractivity (Wildman–Crippen MR) is 138 cm³/mol. The molecule has 3 aliphatic carbocycles. The number of unbranched alkanes of at least 4 members (excludes halogenated alkanes) is 2. The largest absolute Gasteiger partial charge is 0.0955 e. The first-order valence-corrected chi connectivity index (χ1v) is 14.2. The Morgan fingerprint density at radius 1 is 1.06 bits per heavy atom. The third-order valence-electron chi connectivity index (χ3n) is 10.1. The quantitative estimate of drug-likeness (QED) is 0.305. The van der Waals surface area contributed by atoms with Crippen LogP contribution >= 0.6 is 0 Å². The summed E-state index contributed by atoms with van der Waals surface area (Å²) in [5.41, 5.74) is 3.74. The van der Waals surface area contributed by atoms with E-state index in [-0.39, 0.29) is 0 Å². The molecule has 0 aromatic rings. The van der Waals surface area contributed by atoms with Gasteiger partial charge in [0.2, 0.25) is 0 Å². The van der Waals surface area contributed by atoms with Gasteiger partial charge in [-0.1, -0.05) is 110 Å². The fraction of sp³-hybridized carbons (Fsp3) is 0.871. The topological polar surface area (TPSA) is 0 Å². The van der Waals surface area contributed by atoms with Gasteiger partial charge in [-0.2, -0.15) is 0 Å². The third-order valence-corrected chi connectivity index (χ3v) is 10.1. The van der Waals surface area contributed by atoms with E-state index >= 15 is 0 Å². The molecule has 0 heterocycles. The van der Waals surface area contributed by atoms with Crippen molar-refractivity contribution < 1.29 is 0 Å². The van der Waals surface area contributed by atoms with Crippen molar-refractivity contribution in [3.63, 3.8) is 0 Å². The lowest BCUT2D eigenvalue weighted by atomic mass is 9.52. The van der Waals surface area contributed by atoms with Gasteiger partial charge in [0.25, 0.3) is 0 Å². The van der Waals surface area contributed by atoms with Crippen molar-refractivity contribution >= 4 is 0 Å². The second-order valence-electron chi connectivity index (χ2n) is 12.7. The Balaban J connectivity index is 1.68. The number of hydrogen-bond acceptors (Lipinski definition) is 0. The van der Waals surface area contributed by atoms with Crippen molar-refractivity contribution in [1.29, 1.82) is 0 Å². The maximum Gasteiger partial charge on any atom is -0.00788 e. The zero-order chi connectivity index (χ0) is 22.6. The molecule has 0 spiro atoms. The van der Waals surface area contributed by atoms with Crippen molar-refractivity contribution in [3.05, 3.63) is 23.8 Å². The van der Waals surface area contributed by atoms with Gasteiger partial charge in [0, 0.05) is 0 Å². The van der Waals surface area contributed by atoms with Crippen molar-refractivity contribution in [1.82, 2.24) is 0 Å². The Hall–Kier alpha value is -0.520. The van der Waals surface area contributed by atoms with Crippen molar-refractivity contribution in [2.24, 2.45) is 46.8 Å². The van der Waals surface area contributed by atoms with Gasteiger partial charge in [-0.05, 0) is 85.4 Å². The number of allylic oxidation sites excluding steroid dienone is 3. The third kappa shape index (κ3) is 5.89. The van der Waals surface area contributed by atoms with E-state index in [2.05, 4.69) is 47.6 Å². The minimum absolute atomic E-state index is 0.455. The molecule has 3 rings (SSSR count). The summed E-state index contributed by atoms with van der Waals surface area (Å²) < 4.78 is 0. The van der Waals surface area contributed by atoms with E-state index in [0.29, 0.717) is 5.41 Å². The molecule has 3 aliphatic rings. The standard InChI is InChI=1S/C31H54/c1-8-9-10-14-29-30(25(6)20-28-19-23(4)17-18-31(28,29)7)27-16-15-26(21-27)13-11-12-24(5)22(2)3/h20,22-24,26-27,29-30H,6,8-19,21H2,1-5,7H3. The van der Waals surface area contributed by atoms with Crippen LogP contribution in [0.15, 0.2) is 23.8 Å². The molecule has 0 saturated heterocycles. The normalized spacial score (nSPS) is 37.1. The zero-order valence-corrected chi connectivity index (χ0v) is 22.0. The van der Waals surface area contributed by atoms with Crippen LogP contribution in [-0.4, -0.2) is 0 Å². The number of fused-ring (bicyclic) bond motifs is 1. The fourth-order valence-corrected chi connectivity index (χ4v) is 7.55. The first-order valence-electron chi connectivity index (χ1n) is 14.2. The molecule has 7 atom stereocenters. The summed E-state index contributed by atoms with van der Waals surface area (Å²) in [7, 11) is 0. The molecule has 7 unspecified atom stereocenters. The minimum Gasteiger partial charge on any atom is -0.0955 e. The first-order chi connectivity index (χ1) is 14.8. The van der Waals surface area contributed by atoms with E-state index < -0.39 is 0 Å². The molecule has 2 fully saturated rings. The Morgan fingerprint density at radius 3 is 2.55 bits per heavy atom. The smallest absolute Gasteiger partial charge is 0.00788 e. The van der Waals surface area contributed by atoms with Gasteiger partial charge in [-0.25, -0.2) is 0 Å². The maximum atomic E-state index is 4.72. The van der Waals surface area contributed by atoms with Crippen LogP contribution in [0.2, 0.25) is 0 Å². The van der Waals surface area contributed by atoms with Crippen LogP contribution in [0, 0.1) is 46.8 Å². The van der Waals surface area contributed by atoms with Crippen molar-refractivity contribution in [3.8, 4) is 0 Å². The molecule has 0 aliphatic heterocycles. The highest BCUT2D eigenvalue weighted by atomic mass is 14.5. The molecule has 0 aromatic heterocycles. The molecule has 0 bridgehead atoms. The summed E-state index contributed by atoms with van der Waals surface area (Å²) in [6, 6.07) is 0. The Bertz CT molecular complexity index is 610. The molecule has 0 N–H and O–H groups in total. The summed E-state index contributed by atoms with van der Waals surface area (Å²) in [5.74, 6) is 6.09. The average molecular weight is 427 g/mol. The van der Waals surface area contributed by atoms with E-state index in [9.17, 15) is 0 Å². The van der Waals surface area contributed by atoms with Crippen molar-refractivity contribution in [2.75, 3.05) is 0 Å². The van der Waals surface area contributed by atoms with Crippen LogP contribution in [0.4, 0.5) is 0 Å². The highest BCUT2D eigenvalue weighted by Gasteiger charge is 2.49. The second kappa shape index (κ2) is 11.1. The lowest BCUT2D eigenvalue weighted by molar-refractivity contribution is 0.0771. The summed E-state index contributed by atoms with van der Waals surface area (Å²) >= 11 is 0. The highest BCUT2D eigenvalue weighted by Crippen LogP contribution is 2.59. The van der Waals surface area contributed by atoms with Crippen LogP contribution in [-0.2, 0) is 0 Å². The van der Waals surface area contributed by atoms with Gasteiger partial charge >= 0.3 is 0 Å². The van der Waals surface area contributed by atoms with Gasteiger partial charge in [0.1, 0.15) is 0 Å². The molecule has 0 amide bonds. The van der Waals surface area contributed by atoms with Crippen molar-refractivity contribution in [2.45, 2.75) is 125 Å². The molecule has 178 valence electrons. The fourth-order valence-electron chi connectivity index (χ4n) is 7.55. The van der Waals surface area contributed by atoms with Crippen LogP contribution < -0.4 is 0 Å². The van der Waals surface area contributed by atoms with Crippen LogP contribution in [0.25, 0.3) is 0 Å². The Kier molecular flexibility index (Phi) is 8.97. The summed E-state index contributed by atoms with van der Waals surface area (Å²) in [5, 5.41) is 0. The molecule has 0 aromatic carbocycles. The number of hydrogen-bond donors (Lipinski definition) is 0.